The lowest BCUT2D eigenvalue weighted by Gasteiger charge is -2.01. The average molecular weight is 389 g/mol. The fraction of sp³-hybridized carbons (Fsp3) is 0. The van der Waals surface area contributed by atoms with Crippen LogP contribution in [0.4, 0.5) is 0 Å². The number of aromatic nitrogens is 7. The molecule has 0 aliphatic rings. The molecule has 6 aromatic heterocycles. The molecule has 0 unspecified atom stereocenters. The standard InChI is InChI=1S/C23H15N7/c1-2-15(11-25-7-1)17-12-26-13-21-16(17)10-20(27-21)23-22-19(29-30-23)4-3-18(28-22)14-5-8-24-9-6-14/h1-13,27H,(H,29,30). The maximum absolute atomic E-state index is 4.87. The molecule has 0 atom stereocenters. The number of fused-ring (bicyclic) bond motifs is 2. The van der Waals surface area contributed by atoms with Crippen LogP contribution in [-0.4, -0.2) is 35.1 Å². The molecule has 7 heteroatoms. The Balaban J connectivity index is 1.52. The third-order valence-electron chi connectivity index (χ3n) is 5.16. The Bertz CT molecular complexity index is 1480. The smallest absolute Gasteiger partial charge is 0.135 e. The molecule has 30 heavy (non-hydrogen) atoms. The van der Waals surface area contributed by atoms with E-state index in [4.69, 9.17) is 4.98 Å². The van der Waals surface area contributed by atoms with Crippen LogP contribution in [0.15, 0.2) is 79.6 Å². The number of aromatic amines is 2. The fourth-order valence-electron chi connectivity index (χ4n) is 3.70. The Kier molecular flexibility index (Phi) is 3.64. The summed E-state index contributed by atoms with van der Waals surface area (Å²) in [6, 6.07) is 13.9. The SMILES string of the molecule is c1cncc(-c2cncc3[nH]c(-c4n[nH]c5ccc(-c6ccncc6)nc45)cc23)c1. The van der Waals surface area contributed by atoms with Gasteiger partial charge in [-0.2, -0.15) is 5.10 Å². The van der Waals surface area contributed by atoms with E-state index >= 15 is 0 Å². The van der Waals surface area contributed by atoms with Gasteiger partial charge in [-0.05, 0) is 36.4 Å². The third-order valence-corrected chi connectivity index (χ3v) is 5.16. The highest BCUT2D eigenvalue weighted by Crippen LogP contribution is 2.33. The molecule has 0 fully saturated rings. The maximum Gasteiger partial charge on any atom is 0.135 e. The van der Waals surface area contributed by atoms with E-state index in [1.54, 1.807) is 18.6 Å². The summed E-state index contributed by atoms with van der Waals surface area (Å²) in [6.45, 7) is 0. The van der Waals surface area contributed by atoms with E-state index < -0.39 is 0 Å². The van der Waals surface area contributed by atoms with Crippen molar-refractivity contribution in [3.05, 3.63) is 79.6 Å². The Morgan fingerprint density at radius 3 is 2.53 bits per heavy atom. The second-order valence-electron chi connectivity index (χ2n) is 6.97. The molecule has 7 nitrogen and oxygen atoms in total. The van der Waals surface area contributed by atoms with E-state index in [2.05, 4.69) is 36.2 Å². The van der Waals surface area contributed by atoms with Crippen LogP contribution in [0, 0.1) is 0 Å². The quantitative estimate of drug-likeness (QED) is 0.460. The van der Waals surface area contributed by atoms with Crippen molar-refractivity contribution in [1.82, 2.24) is 35.1 Å². The lowest BCUT2D eigenvalue weighted by atomic mass is 10.1. The van der Waals surface area contributed by atoms with Crippen LogP contribution >= 0.6 is 0 Å². The monoisotopic (exact) mass is 389 g/mol. The fourth-order valence-corrected chi connectivity index (χ4v) is 3.70. The highest BCUT2D eigenvalue weighted by molar-refractivity contribution is 5.99. The van der Waals surface area contributed by atoms with Crippen LogP contribution in [-0.2, 0) is 0 Å². The molecule has 0 saturated carbocycles. The summed E-state index contributed by atoms with van der Waals surface area (Å²) in [7, 11) is 0. The summed E-state index contributed by atoms with van der Waals surface area (Å²) >= 11 is 0. The number of nitrogens with one attached hydrogen (secondary N) is 2. The molecule has 6 aromatic rings. The number of H-pyrrole nitrogens is 2. The van der Waals surface area contributed by atoms with Gasteiger partial charge in [0.2, 0.25) is 0 Å². The normalized spacial score (nSPS) is 11.3. The Hall–Kier alpha value is -4.39. The minimum absolute atomic E-state index is 0.772. The molecule has 0 amide bonds. The van der Waals surface area contributed by atoms with Gasteiger partial charge < -0.3 is 4.98 Å². The third kappa shape index (κ3) is 2.64. The predicted molar refractivity (Wildman–Crippen MR) is 115 cm³/mol. The molecule has 2 N–H and O–H groups in total. The van der Waals surface area contributed by atoms with Crippen LogP contribution in [0.1, 0.15) is 0 Å². The van der Waals surface area contributed by atoms with E-state index in [9.17, 15) is 0 Å². The van der Waals surface area contributed by atoms with E-state index in [0.29, 0.717) is 0 Å². The molecular formula is C23H15N7. The van der Waals surface area contributed by atoms with Gasteiger partial charge in [0.25, 0.3) is 0 Å². The minimum atomic E-state index is 0.772. The van der Waals surface area contributed by atoms with E-state index in [1.807, 2.05) is 55.0 Å². The van der Waals surface area contributed by atoms with Crippen molar-refractivity contribution in [3.63, 3.8) is 0 Å². The van der Waals surface area contributed by atoms with Crippen LogP contribution < -0.4 is 0 Å². The van der Waals surface area contributed by atoms with Crippen LogP contribution in [0.25, 0.3) is 55.7 Å². The summed E-state index contributed by atoms with van der Waals surface area (Å²) in [5.74, 6) is 0. The lowest BCUT2D eigenvalue weighted by Crippen LogP contribution is -1.86. The first-order valence-corrected chi connectivity index (χ1v) is 9.50. The van der Waals surface area contributed by atoms with E-state index in [0.717, 1.165) is 55.7 Å². The molecule has 0 saturated heterocycles. The van der Waals surface area contributed by atoms with Crippen LogP contribution in [0.3, 0.4) is 0 Å². The number of hydrogen-bond acceptors (Lipinski definition) is 5. The zero-order chi connectivity index (χ0) is 19.9. The Morgan fingerprint density at radius 2 is 1.67 bits per heavy atom. The van der Waals surface area contributed by atoms with Gasteiger partial charge in [0.1, 0.15) is 11.2 Å². The lowest BCUT2D eigenvalue weighted by molar-refractivity contribution is 1.12. The Labute approximate surface area is 170 Å². The number of pyridine rings is 4. The molecule has 0 bridgehead atoms. The van der Waals surface area contributed by atoms with Crippen molar-refractivity contribution in [1.29, 1.82) is 0 Å². The Morgan fingerprint density at radius 1 is 0.733 bits per heavy atom. The van der Waals surface area contributed by atoms with E-state index in [1.165, 1.54) is 0 Å². The molecule has 0 aliphatic heterocycles. The number of nitrogens with zero attached hydrogens (tertiary/aromatic N) is 5. The van der Waals surface area contributed by atoms with Crippen molar-refractivity contribution >= 4 is 21.9 Å². The average Bonchev–Trinajstić information content (AvgIpc) is 3.43. The van der Waals surface area contributed by atoms with Crippen molar-refractivity contribution in [3.8, 4) is 33.8 Å². The van der Waals surface area contributed by atoms with Gasteiger partial charge in [-0.25, -0.2) is 4.98 Å². The summed E-state index contributed by atoms with van der Waals surface area (Å²) < 4.78 is 0. The topological polar surface area (TPSA) is 96.0 Å². The van der Waals surface area contributed by atoms with Crippen molar-refractivity contribution in [2.45, 2.75) is 0 Å². The number of rotatable bonds is 3. The molecule has 6 rings (SSSR count). The maximum atomic E-state index is 4.87. The first-order chi connectivity index (χ1) is 14.9. The summed E-state index contributed by atoms with van der Waals surface area (Å²) in [6.07, 6.45) is 10.8. The summed E-state index contributed by atoms with van der Waals surface area (Å²) in [4.78, 5) is 21.0. The highest BCUT2D eigenvalue weighted by atomic mass is 15.1. The first-order valence-electron chi connectivity index (χ1n) is 9.50. The van der Waals surface area contributed by atoms with Crippen molar-refractivity contribution < 1.29 is 0 Å². The molecule has 142 valence electrons. The van der Waals surface area contributed by atoms with Crippen molar-refractivity contribution in [2.24, 2.45) is 0 Å². The largest absolute Gasteiger partial charge is 0.352 e. The molecule has 0 radical (unpaired) electrons. The van der Waals surface area contributed by atoms with E-state index in [-0.39, 0.29) is 0 Å². The van der Waals surface area contributed by atoms with Crippen molar-refractivity contribution in [2.75, 3.05) is 0 Å². The van der Waals surface area contributed by atoms with Gasteiger partial charge in [-0.3, -0.25) is 20.1 Å². The zero-order valence-corrected chi connectivity index (χ0v) is 15.7. The molecule has 6 heterocycles. The first kappa shape index (κ1) is 16.6. The zero-order valence-electron chi connectivity index (χ0n) is 15.7. The molecular weight excluding hydrogens is 374 g/mol. The minimum Gasteiger partial charge on any atom is -0.352 e. The van der Waals surface area contributed by atoms with Gasteiger partial charge in [-0.1, -0.05) is 6.07 Å². The molecule has 0 aromatic carbocycles. The molecule has 0 aliphatic carbocycles. The number of hydrogen-bond donors (Lipinski definition) is 2. The highest BCUT2D eigenvalue weighted by Gasteiger charge is 2.15. The van der Waals surface area contributed by atoms with Gasteiger partial charge in [-0.15, -0.1) is 0 Å². The van der Waals surface area contributed by atoms with Crippen LogP contribution in [0.2, 0.25) is 0 Å². The van der Waals surface area contributed by atoms with Gasteiger partial charge in [0, 0.05) is 53.1 Å². The van der Waals surface area contributed by atoms with Gasteiger partial charge in [0.15, 0.2) is 0 Å². The summed E-state index contributed by atoms with van der Waals surface area (Å²) in [5, 5.41) is 8.68. The second-order valence-corrected chi connectivity index (χ2v) is 6.97. The van der Waals surface area contributed by atoms with Gasteiger partial charge in [0.05, 0.1) is 28.6 Å². The predicted octanol–water partition coefficient (Wildman–Crippen LogP) is 4.63. The molecule has 0 spiro atoms. The van der Waals surface area contributed by atoms with Gasteiger partial charge >= 0.3 is 0 Å². The second kappa shape index (κ2) is 6.59. The summed E-state index contributed by atoms with van der Waals surface area (Å²) in [5.41, 5.74) is 8.22. The van der Waals surface area contributed by atoms with Crippen LogP contribution in [0.5, 0.6) is 0 Å².